The molecule has 0 heterocycles. The van der Waals surface area contributed by atoms with Crippen LogP contribution in [-0.2, 0) is 6.42 Å². The van der Waals surface area contributed by atoms with E-state index in [1.807, 2.05) is 6.07 Å². The van der Waals surface area contributed by atoms with Crippen LogP contribution in [0.2, 0.25) is 5.02 Å². The summed E-state index contributed by atoms with van der Waals surface area (Å²) in [5.41, 5.74) is 2.65. The van der Waals surface area contributed by atoms with Crippen molar-refractivity contribution in [3.8, 4) is 11.5 Å². The molecule has 3 nitrogen and oxygen atoms in total. The monoisotopic (exact) mass is 311 g/mol. The SMILES string of the molecule is CCNC1CC(C)(C)CCc2c(Cl)cc(OC)c(OC)c21. The molecule has 0 radical (unpaired) electrons. The molecule has 0 spiro atoms. The summed E-state index contributed by atoms with van der Waals surface area (Å²) >= 11 is 6.52. The molecule has 0 fully saturated rings. The molecule has 2 rings (SSSR count). The van der Waals surface area contributed by atoms with Crippen LogP contribution < -0.4 is 14.8 Å². The first-order valence-electron chi connectivity index (χ1n) is 7.60. The summed E-state index contributed by atoms with van der Waals surface area (Å²) in [6.07, 6.45) is 3.16. The third-order valence-corrected chi connectivity index (χ3v) is 4.71. The van der Waals surface area contributed by atoms with Gasteiger partial charge in [-0.1, -0.05) is 32.4 Å². The van der Waals surface area contributed by atoms with E-state index in [-0.39, 0.29) is 11.5 Å². The van der Waals surface area contributed by atoms with E-state index < -0.39 is 0 Å². The fraction of sp³-hybridized carbons (Fsp3) is 0.647. The number of fused-ring (bicyclic) bond motifs is 1. The van der Waals surface area contributed by atoms with E-state index in [1.54, 1.807) is 14.2 Å². The van der Waals surface area contributed by atoms with Crippen molar-refractivity contribution in [1.82, 2.24) is 5.32 Å². The molecule has 0 saturated heterocycles. The Kier molecular flexibility index (Phi) is 5.05. The van der Waals surface area contributed by atoms with Crippen molar-refractivity contribution in [2.24, 2.45) is 5.41 Å². The van der Waals surface area contributed by atoms with Crippen LogP contribution in [0.1, 0.15) is 50.8 Å². The van der Waals surface area contributed by atoms with Crippen LogP contribution in [0.15, 0.2) is 6.07 Å². The van der Waals surface area contributed by atoms with Crippen molar-refractivity contribution in [2.75, 3.05) is 20.8 Å². The standard InChI is InChI=1S/C17H26ClNO2/c1-6-19-13-10-17(2,3)8-7-11-12(18)9-14(20-4)16(21-5)15(11)13/h9,13,19H,6-8,10H2,1-5H3. The molecule has 0 aliphatic heterocycles. The van der Waals surface area contributed by atoms with Gasteiger partial charge in [0.15, 0.2) is 11.5 Å². The molecule has 1 aromatic carbocycles. The lowest BCUT2D eigenvalue weighted by Gasteiger charge is -2.28. The van der Waals surface area contributed by atoms with E-state index in [0.29, 0.717) is 5.75 Å². The number of ether oxygens (including phenoxy) is 2. The Morgan fingerprint density at radius 2 is 2.05 bits per heavy atom. The summed E-state index contributed by atoms with van der Waals surface area (Å²) in [5.74, 6) is 1.53. The second kappa shape index (κ2) is 6.45. The summed E-state index contributed by atoms with van der Waals surface area (Å²) in [6.45, 7) is 7.69. The van der Waals surface area contributed by atoms with Crippen LogP contribution in [0.3, 0.4) is 0 Å². The summed E-state index contributed by atoms with van der Waals surface area (Å²) in [7, 11) is 3.36. The van der Waals surface area contributed by atoms with Gasteiger partial charge in [-0.3, -0.25) is 0 Å². The Balaban J connectivity index is 2.63. The number of nitrogens with one attached hydrogen (secondary N) is 1. The van der Waals surface area contributed by atoms with Crippen LogP contribution in [0.25, 0.3) is 0 Å². The average Bonchev–Trinajstić information content (AvgIpc) is 2.56. The fourth-order valence-electron chi connectivity index (χ4n) is 3.29. The Hall–Kier alpha value is -0.930. The van der Waals surface area contributed by atoms with E-state index in [9.17, 15) is 0 Å². The number of hydrogen-bond acceptors (Lipinski definition) is 3. The number of benzene rings is 1. The fourth-order valence-corrected chi connectivity index (χ4v) is 3.59. The molecule has 1 aliphatic carbocycles. The van der Waals surface area contributed by atoms with E-state index in [2.05, 4.69) is 26.1 Å². The molecular weight excluding hydrogens is 286 g/mol. The highest BCUT2D eigenvalue weighted by molar-refractivity contribution is 6.31. The first kappa shape index (κ1) is 16.4. The maximum absolute atomic E-state index is 6.52. The highest BCUT2D eigenvalue weighted by atomic mass is 35.5. The summed E-state index contributed by atoms with van der Waals surface area (Å²) in [5, 5.41) is 4.38. The maximum Gasteiger partial charge on any atom is 0.165 e. The molecule has 118 valence electrons. The van der Waals surface area contributed by atoms with Gasteiger partial charge in [0.05, 0.1) is 14.2 Å². The van der Waals surface area contributed by atoms with Crippen molar-refractivity contribution in [1.29, 1.82) is 0 Å². The van der Waals surface area contributed by atoms with Crippen LogP contribution in [0.4, 0.5) is 0 Å². The second-order valence-corrected chi connectivity index (χ2v) is 6.87. The molecule has 0 saturated carbocycles. The largest absolute Gasteiger partial charge is 0.493 e. The smallest absolute Gasteiger partial charge is 0.165 e. The lowest BCUT2D eigenvalue weighted by atomic mass is 9.83. The molecule has 1 aromatic rings. The third kappa shape index (κ3) is 3.29. The lowest BCUT2D eigenvalue weighted by Crippen LogP contribution is -2.26. The Morgan fingerprint density at radius 3 is 2.62 bits per heavy atom. The van der Waals surface area contributed by atoms with Crippen LogP contribution >= 0.6 is 11.6 Å². The predicted octanol–water partition coefficient (Wildman–Crippen LogP) is 4.37. The molecule has 0 aromatic heterocycles. The molecule has 1 N–H and O–H groups in total. The third-order valence-electron chi connectivity index (χ3n) is 4.37. The minimum absolute atomic E-state index is 0.241. The highest BCUT2D eigenvalue weighted by Crippen LogP contribution is 2.48. The number of methoxy groups -OCH3 is 2. The van der Waals surface area contributed by atoms with E-state index in [4.69, 9.17) is 21.1 Å². The summed E-state index contributed by atoms with van der Waals surface area (Å²) < 4.78 is 11.1. The van der Waals surface area contributed by atoms with Crippen LogP contribution in [0, 0.1) is 5.41 Å². The van der Waals surface area contributed by atoms with E-state index in [1.165, 1.54) is 11.1 Å². The second-order valence-electron chi connectivity index (χ2n) is 6.46. The molecular formula is C17H26ClNO2. The minimum atomic E-state index is 0.241. The van der Waals surface area contributed by atoms with Gasteiger partial charge in [0.2, 0.25) is 0 Å². The lowest BCUT2D eigenvalue weighted by molar-refractivity contribution is 0.271. The van der Waals surface area contributed by atoms with Crippen molar-refractivity contribution in [2.45, 2.75) is 46.1 Å². The Morgan fingerprint density at radius 1 is 1.33 bits per heavy atom. The van der Waals surface area contributed by atoms with Crippen molar-refractivity contribution < 1.29 is 9.47 Å². The summed E-state index contributed by atoms with van der Waals surface area (Å²) in [4.78, 5) is 0. The average molecular weight is 312 g/mol. The number of rotatable bonds is 4. The maximum atomic E-state index is 6.52. The van der Waals surface area contributed by atoms with Gasteiger partial charge in [-0.25, -0.2) is 0 Å². The molecule has 1 atom stereocenters. The first-order valence-corrected chi connectivity index (χ1v) is 7.98. The molecule has 21 heavy (non-hydrogen) atoms. The normalized spacial score (nSPS) is 20.6. The van der Waals surface area contributed by atoms with Gasteiger partial charge >= 0.3 is 0 Å². The van der Waals surface area contributed by atoms with Gasteiger partial charge in [-0.05, 0) is 36.8 Å². The van der Waals surface area contributed by atoms with Crippen molar-refractivity contribution in [3.05, 3.63) is 22.2 Å². The zero-order valence-electron chi connectivity index (χ0n) is 13.7. The van der Waals surface area contributed by atoms with Gasteiger partial charge < -0.3 is 14.8 Å². The zero-order valence-corrected chi connectivity index (χ0v) is 14.4. The first-order chi connectivity index (χ1) is 9.93. The minimum Gasteiger partial charge on any atom is -0.493 e. The summed E-state index contributed by atoms with van der Waals surface area (Å²) in [6, 6.07) is 2.12. The number of hydrogen-bond donors (Lipinski definition) is 1. The zero-order chi connectivity index (χ0) is 15.6. The molecule has 1 aliphatic rings. The van der Waals surface area contributed by atoms with E-state index >= 15 is 0 Å². The quantitative estimate of drug-likeness (QED) is 0.838. The van der Waals surface area contributed by atoms with E-state index in [0.717, 1.165) is 36.6 Å². The van der Waals surface area contributed by atoms with Crippen molar-refractivity contribution >= 4 is 11.6 Å². The molecule has 1 unspecified atom stereocenters. The Bertz CT molecular complexity index is 514. The Labute approximate surface area is 133 Å². The topological polar surface area (TPSA) is 30.5 Å². The molecule has 0 amide bonds. The molecule has 4 heteroatoms. The van der Waals surface area contributed by atoms with Crippen LogP contribution in [0.5, 0.6) is 11.5 Å². The van der Waals surface area contributed by atoms with Crippen molar-refractivity contribution in [3.63, 3.8) is 0 Å². The number of halogens is 1. The predicted molar refractivity (Wildman–Crippen MR) is 87.7 cm³/mol. The van der Waals surface area contributed by atoms with Crippen LogP contribution in [-0.4, -0.2) is 20.8 Å². The van der Waals surface area contributed by atoms with Gasteiger partial charge in [-0.15, -0.1) is 0 Å². The van der Waals surface area contributed by atoms with Gasteiger partial charge in [0, 0.05) is 22.7 Å². The van der Waals surface area contributed by atoms with Gasteiger partial charge in [0.1, 0.15) is 0 Å². The highest BCUT2D eigenvalue weighted by Gasteiger charge is 2.33. The van der Waals surface area contributed by atoms with Gasteiger partial charge in [0.25, 0.3) is 0 Å². The van der Waals surface area contributed by atoms with Gasteiger partial charge in [-0.2, -0.15) is 0 Å². The molecule has 0 bridgehead atoms.